The van der Waals surface area contributed by atoms with E-state index in [0.717, 1.165) is 0 Å². The first kappa shape index (κ1) is 17.2. The number of aliphatic imine (C=N–C) groups is 1. The number of nitrogens with zero attached hydrogens (tertiary/aromatic N) is 1. The van der Waals surface area contributed by atoms with Gasteiger partial charge in [0.1, 0.15) is 0 Å². The van der Waals surface area contributed by atoms with Crippen LogP contribution in [0.2, 0.25) is 0 Å². The van der Waals surface area contributed by atoms with Crippen LogP contribution >= 0.6 is 0 Å². The molecule has 4 nitrogen and oxygen atoms in total. The Balaban J connectivity index is 3.17. The Kier molecular flexibility index (Phi) is 6.36. The molecule has 0 aliphatic heterocycles. The lowest BCUT2D eigenvalue weighted by molar-refractivity contribution is -0.139. The molecule has 116 valence electrons. The molecule has 1 aromatic rings. The minimum absolute atomic E-state index is 0.0804. The first-order chi connectivity index (χ1) is 9.90. The van der Waals surface area contributed by atoms with Gasteiger partial charge in [0.15, 0.2) is 0 Å². The van der Waals surface area contributed by atoms with Crippen molar-refractivity contribution < 1.29 is 27.4 Å². The summed E-state index contributed by atoms with van der Waals surface area (Å²) in [4.78, 5) is 15.0. The molecule has 1 rings (SSSR count). The summed E-state index contributed by atoms with van der Waals surface area (Å²) in [6.07, 6.45) is -4.88. The highest BCUT2D eigenvalue weighted by molar-refractivity contribution is 6.38. The van der Waals surface area contributed by atoms with Gasteiger partial charge in [-0.15, -0.1) is 0 Å². The third kappa shape index (κ3) is 5.18. The van der Waals surface area contributed by atoms with Crippen LogP contribution in [0.5, 0.6) is 0 Å². The van der Waals surface area contributed by atoms with Crippen LogP contribution in [0.1, 0.15) is 18.5 Å². The summed E-state index contributed by atoms with van der Waals surface area (Å²) in [5, 5.41) is 0. The molecule has 21 heavy (non-hydrogen) atoms. The predicted octanol–water partition coefficient (Wildman–Crippen LogP) is 2.94. The van der Waals surface area contributed by atoms with Crippen LogP contribution in [0, 0.1) is 0 Å². The number of hydrogen-bond donors (Lipinski definition) is 0. The van der Waals surface area contributed by atoms with Crippen LogP contribution < -0.4 is 0 Å². The van der Waals surface area contributed by atoms with E-state index in [1.54, 1.807) is 30.3 Å². The van der Waals surface area contributed by atoms with Crippen LogP contribution in [-0.4, -0.2) is 38.2 Å². The minimum atomic E-state index is -4.88. The van der Waals surface area contributed by atoms with Crippen molar-refractivity contribution in [3.8, 4) is 0 Å². The molecule has 1 atom stereocenters. The normalized spacial score (nSPS) is 13.9. The molecule has 0 heterocycles. The fourth-order valence-corrected chi connectivity index (χ4v) is 1.64. The molecule has 0 spiro atoms. The van der Waals surface area contributed by atoms with Gasteiger partial charge >= 0.3 is 12.1 Å². The summed E-state index contributed by atoms with van der Waals surface area (Å²) >= 11 is 0. The summed E-state index contributed by atoms with van der Waals surface area (Å²) in [6.45, 7) is 1.19. The molecule has 0 aliphatic carbocycles. The number of hydrogen-bond acceptors (Lipinski definition) is 4. The van der Waals surface area contributed by atoms with Crippen molar-refractivity contribution in [2.75, 3.05) is 20.3 Å². The second kappa shape index (κ2) is 7.78. The van der Waals surface area contributed by atoms with Gasteiger partial charge in [-0.25, -0.2) is 4.79 Å². The van der Waals surface area contributed by atoms with Crippen LogP contribution in [0.25, 0.3) is 0 Å². The largest absolute Gasteiger partial charge is 0.461 e. The van der Waals surface area contributed by atoms with Crippen LogP contribution in [0.3, 0.4) is 0 Å². The second-order valence-corrected chi connectivity index (χ2v) is 4.08. The summed E-state index contributed by atoms with van der Waals surface area (Å²) < 4.78 is 48.1. The van der Waals surface area contributed by atoms with Gasteiger partial charge in [0.25, 0.3) is 0 Å². The molecule has 7 heteroatoms. The van der Waals surface area contributed by atoms with Crippen molar-refractivity contribution in [3.05, 3.63) is 35.9 Å². The van der Waals surface area contributed by atoms with Crippen LogP contribution in [0.15, 0.2) is 35.3 Å². The molecule has 0 radical (unpaired) electrons. The fraction of sp³-hybridized carbons (Fsp3) is 0.429. The van der Waals surface area contributed by atoms with Gasteiger partial charge in [0, 0.05) is 7.11 Å². The molecule has 1 aromatic carbocycles. The van der Waals surface area contributed by atoms with Gasteiger partial charge in [-0.3, -0.25) is 4.99 Å². The van der Waals surface area contributed by atoms with E-state index in [0.29, 0.717) is 5.56 Å². The Morgan fingerprint density at radius 1 is 1.29 bits per heavy atom. The van der Waals surface area contributed by atoms with Crippen molar-refractivity contribution in [2.24, 2.45) is 4.99 Å². The number of alkyl halides is 3. The maximum atomic E-state index is 12.9. The van der Waals surface area contributed by atoms with E-state index < -0.39 is 23.9 Å². The smallest absolute Gasteiger partial charge is 0.440 e. The molecule has 0 unspecified atom stereocenters. The predicted molar refractivity (Wildman–Crippen MR) is 71.2 cm³/mol. The quantitative estimate of drug-likeness (QED) is 0.599. The van der Waals surface area contributed by atoms with E-state index in [4.69, 9.17) is 4.74 Å². The maximum Gasteiger partial charge on any atom is 0.440 e. The van der Waals surface area contributed by atoms with Gasteiger partial charge in [0.05, 0.1) is 19.3 Å². The second-order valence-electron chi connectivity index (χ2n) is 4.08. The SMILES string of the molecule is CCOC(=O)C(=N[C@@H](COC)c1ccccc1)C(F)(F)F. The molecule has 0 N–H and O–H groups in total. The Morgan fingerprint density at radius 2 is 1.90 bits per heavy atom. The molecule has 0 saturated heterocycles. The summed E-state index contributed by atoms with van der Waals surface area (Å²) in [5.74, 6) is -1.48. The van der Waals surface area contributed by atoms with E-state index in [1.165, 1.54) is 14.0 Å². The molecule has 0 fully saturated rings. The van der Waals surface area contributed by atoms with Crippen molar-refractivity contribution in [1.29, 1.82) is 0 Å². The van der Waals surface area contributed by atoms with Gasteiger partial charge in [-0.1, -0.05) is 30.3 Å². The Bertz CT molecular complexity index is 486. The van der Waals surface area contributed by atoms with Crippen LogP contribution in [0.4, 0.5) is 13.2 Å². The lowest BCUT2D eigenvalue weighted by atomic mass is 10.1. The number of halogens is 3. The summed E-state index contributed by atoms with van der Waals surface area (Å²) in [7, 11) is 1.35. The number of carbonyl (C=O) groups is 1. The lowest BCUT2D eigenvalue weighted by Crippen LogP contribution is -2.33. The number of carbonyl (C=O) groups excluding carboxylic acids is 1. The number of ether oxygens (including phenoxy) is 2. The van der Waals surface area contributed by atoms with E-state index in [1.807, 2.05) is 0 Å². The number of methoxy groups -OCH3 is 1. The molecule has 0 aliphatic rings. The Labute approximate surface area is 120 Å². The molecular formula is C14H16F3NO3. The summed E-state index contributed by atoms with van der Waals surface area (Å²) in [6, 6.07) is 7.37. The first-order valence-electron chi connectivity index (χ1n) is 6.26. The first-order valence-corrected chi connectivity index (χ1v) is 6.26. The topological polar surface area (TPSA) is 47.9 Å². The van der Waals surface area contributed by atoms with Gasteiger partial charge < -0.3 is 9.47 Å². The van der Waals surface area contributed by atoms with E-state index in [9.17, 15) is 18.0 Å². The van der Waals surface area contributed by atoms with E-state index in [2.05, 4.69) is 9.73 Å². The average molecular weight is 303 g/mol. The number of rotatable bonds is 6. The van der Waals surface area contributed by atoms with Gasteiger partial charge in [-0.05, 0) is 12.5 Å². The Morgan fingerprint density at radius 3 is 2.38 bits per heavy atom. The zero-order chi connectivity index (χ0) is 15.9. The molecular weight excluding hydrogens is 287 g/mol. The molecule has 0 saturated carbocycles. The van der Waals surface area contributed by atoms with Crippen LogP contribution in [-0.2, 0) is 14.3 Å². The van der Waals surface area contributed by atoms with Crippen molar-refractivity contribution in [2.45, 2.75) is 19.1 Å². The summed E-state index contributed by atoms with van der Waals surface area (Å²) in [5.41, 5.74) is -1.04. The fourth-order valence-electron chi connectivity index (χ4n) is 1.64. The average Bonchev–Trinajstić information content (AvgIpc) is 2.43. The minimum Gasteiger partial charge on any atom is -0.461 e. The number of esters is 1. The molecule has 0 amide bonds. The maximum absolute atomic E-state index is 12.9. The Hall–Kier alpha value is -1.89. The highest BCUT2D eigenvalue weighted by Crippen LogP contribution is 2.24. The van der Waals surface area contributed by atoms with E-state index in [-0.39, 0.29) is 13.2 Å². The zero-order valence-corrected chi connectivity index (χ0v) is 11.7. The van der Waals surface area contributed by atoms with Crippen molar-refractivity contribution >= 4 is 11.7 Å². The monoisotopic (exact) mass is 303 g/mol. The zero-order valence-electron chi connectivity index (χ0n) is 11.7. The number of benzene rings is 1. The van der Waals surface area contributed by atoms with Crippen molar-refractivity contribution in [3.63, 3.8) is 0 Å². The van der Waals surface area contributed by atoms with E-state index >= 15 is 0 Å². The highest BCUT2D eigenvalue weighted by Gasteiger charge is 2.42. The molecule has 0 aromatic heterocycles. The third-order valence-electron chi connectivity index (χ3n) is 2.53. The van der Waals surface area contributed by atoms with Gasteiger partial charge in [0.2, 0.25) is 5.71 Å². The highest BCUT2D eigenvalue weighted by atomic mass is 19.4. The lowest BCUT2D eigenvalue weighted by Gasteiger charge is -2.16. The molecule has 0 bridgehead atoms. The van der Waals surface area contributed by atoms with Gasteiger partial charge in [-0.2, -0.15) is 13.2 Å². The van der Waals surface area contributed by atoms with Crippen molar-refractivity contribution in [1.82, 2.24) is 0 Å². The standard InChI is InChI=1S/C14H16F3NO3/c1-3-21-13(19)12(14(15,16)17)18-11(9-20-2)10-7-5-4-6-8-10/h4-8,11H,3,9H2,1-2H3/t11-/m0/s1. The third-order valence-corrected chi connectivity index (χ3v) is 2.53.